The Morgan fingerprint density at radius 2 is 1.11 bits per heavy atom. The lowest BCUT2D eigenvalue weighted by Gasteiger charge is -2.34. The van der Waals surface area contributed by atoms with Crippen LogP contribution in [-0.4, -0.2) is 156 Å². The van der Waals surface area contributed by atoms with Gasteiger partial charge in [0.15, 0.2) is 0 Å². The summed E-state index contributed by atoms with van der Waals surface area (Å²) in [6, 6.07) is 0.551. The molecule has 0 unspecified atom stereocenters. The molecule has 0 aromatic carbocycles. The molecule has 1 aromatic heterocycles. The van der Waals surface area contributed by atoms with Crippen molar-refractivity contribution >= 4 is 29.8 Å². The molecule has 2 rings (SSSR count). The first-order valence-electron chi connectivity index (χ1n) is 11.0. The van der Waals surface area contributed by atoms with E-state index in [9.17, 15) is 19.2 Å². The van der Waals surface area contributed by atoms with Gasteiger partial charge in [-0.1, -0.05) is 0 Å². The third-order valence-electron chi connectivity index (χ3n) is 5.06. The Bertz CT molecular complexity index is 842. The smallest absolute Gasteiger partial charge is 0.338 e. The van der Waals surface area contributed by atoms with Crippen LogP contribution in [0.25, 0.3) is 0 Å². The van der Waals surface area contributed by atoms with Crippen molar-refractivity contribution in [2.24, 2.45) is 0 Å². The maximum absolute atomic E-state index is 10.6. The Hall–Kier alpha value is -3.38. The zero-order valence-corrected chi connectivity index (χ0v) is 22.0. The summed E-state index contributed by atoms with van der Waals surface area (Å²) in [6.45, 7) is 0.811. The molecule has 1 aromatic rings. The molecule has 0 bridgehead atoms. The number of aliphatic carboxylic acids is 4. The molecule has 18 heteroatoms. The van der Waals surface area contributed by atoms with Gasteiger partial charge in [-0.15, -0.1) is 15.0 Å². The highest BCUT2D eigenvalue weighted by Crippen LogP contribution is 2.22. The van der Waals surface area contributed by atoms with Crippen molar-refractivity contribution in [2.75, 3.05) is 86.8 Å². The average molecular weight is 569 g/mol. The highest BCUT2D eigenvalue weighted by molar-refractivity contribution is 5.73. The molecule has 38 heavy (non-hydrogen) atoms. The monoisotopic (exact) mass is 568 g/mol. The van der Waals surface area contributed by atoms with E-state index in [2.05, 4.69) is 22.0 Å². The lowest BCUT2D eigenvalue weighted by molar-refractivity contribution is -0.145. The first-order chi connectivity index (χ1) is 17.4. The van der Waals surface area contributed by atoms with E-state index in [1.54, 1.807) is 0 Å². The van der Waals surface area contributed by atoms with Gasteiger partial charge in [-0.2, -0.15) is 0 Å². The van der Waals surface area contributed by atoms with Crippen LogP contribution in [-0.2, 0) is 23.9 Å². The summed E-state index contributed by atoms with van der Waals surface area (Å²) in [4.78, 5) is 56.9. The number of nitrogens with zero attached hydrogens (tertiary/aromatic N) is 6. The molecule has 1 fully saturated rings. The predicted octanol–water partition coefficient (Wildman–Crippen LogP) is -5.21. The third kappa shape index (κ3) is 13.2. The molecule has 0 spiro atoms. The van der Waals surface area contributed by atoms with Gasteiger partial charge in [-0.05, 0) is 0 Å². The average Bonchev–Trinajstić information content (AvgIpc) is 2.81. The molecule has 0 saturated carbocycles. The van der Waals surface area contributed by atoms with E-state index in [4.69, 9.17) is 34.6 Å². The molecule has 0 aliphatic carbocycles. The molecule has 0 atom stereocenters. The van der Waals surface area contributed by atoms with Gasteiger partial charge in [0.2, 0.25) is 0 Å². The number of likely N-dealkylation sites (N-methyl/N-ethyl adjacent to an activating group) is 1. The summed E-state index contributed by atoms with van der Waals surface area (Å²) in [5, 5.41) is 34.5. The first-order valence-corrected chi connectivity index (χ1v) is 11.0. The fraction of sp³-hybridized carbons (Fsp3) is 0.650. The van der Waals surface area contributed by atoms with Crippen LogP contribution in [0.5, 0.6) is 12.0 Å². The number of hydrogen-bond acceptors (Lipinski definition) is 12. The van der Waals surface area contributed by atoms with E-state index in [0.717, 1.165) is 22.9 Å². The highest BCUT2D eigenvalue weighted by atomic mass is 35.5. The zero-order chi connectivity index (χ0) is 28.0. The number of rotatable bonds is 14. The van der Waals surface area contributed by atoms with Crippen molar-refractivity contribution in [3.05, 3.63) is 0 Å². The number of aromatic nitrogens is 3. The number of morpholine rings is 1. The Morgan fingerprint density at radius 1 is 0.763 bits per heavy atom. The molecule has 0 radical (unpaired) electrons. The largest absolute Gasteiger partial charge is 1.00 e. The van der Waals surface area contributed by atoms with Crippen LogP contribution in [0.1, 0.15) is 0 Å². The molecule has 1 aliphatic heterocycles. The molecule has 4 N–H and O–H groups in total. The number of halogens is 1. The summed E-state index contributed by atoms with van der Waals surface area (Å²) >= 11 is 0. The second-order valence-electron chi connectivity index (χ2n) is 8.06. The Kier molecular flexibility index (Phi) is 15.7. The van der Waals surface area contributed by atoms with Crippen LogP contribution in [0.3, 0.4) is 0 Å². The lowest BCUT2D eigenvalue weighted by Crippen LogP contribution is -3.00. The van der Waals surface area contributed by atoms with Gasteiger partial charge >= 0.3 is 41.8 Å². The van der Waals surface area contributed by atoms with Crippen LogP contribution in [0, 0.1) is 0 Å². The maximum atomic E-state index is 10.6. The first kappa shape index (κ1) is 34.6. The van der Waals surface area contributed by atoms with Crippen molar-refractivity contribution < 1.29 is 66.2 Å². The van der Waals surface area contributed by atoms with Crippen LogP contribution >= 0.6 is 0 Å². The minimum absolute atomic E-state index is 0. The van der Waals surface area contributed by atoms with Crippen molar-refractivity contribution in [3.63, 3.8) is 0 Å². The molecule has 17 nitrogen and oxygen atoms in total. The van der Waals surface area contributed by atoms with Gasteiger partial charge in [0.1, 0.15) is 13.1 Å². The molecule has 1 saturated heterocycles. The highest BCUT2D eigenvalue weighted by Gasteiger charge is 2.32. The minimum Gasteiger partial charge on any atom is -1.00 e. The van der Waals surface area contributed by atoms with Crippen LogP contribution in [0.2, 0.25) is 0 Å². The van der Waals surface area contributed by atoms with Crippen molar-refractivity contribution in [2.45, 2.75) is 0 Å². The number of carbonyl (C=O) groups is 4. The SMILES string of the molecule is COc1nc(OC)nc([N+]2(C)CCOCC2)n1.O=C(O)CN(CCN(CC(=O)O)CC(=O)O)CC(=O)O.[Cl-]. The van der Waals surface area contributed by atoms with Gasteiger partial charge in [-0.3, -0.25) is 33.5 Å². The number of carboxylic acid groups (broad SMARTS) is 4. The van der Waals surface area contributed by atoms with E-state index < -0.39 is 50.1 Å². The van der Waals surface area contributed by atoms with E-state index in [1.165, 1.54) is 14.2 Å². The summed E-state index contributed by atoms with van der Waals surface area (Å²) in [7, 11) is 5.12. The van der Waals surface area contributed by atoms with Crippen LogP contribution in [0.4, 0.5) is 5.95 Å². The summed E-state index contributed by atoms with van der Waals surface area (Å²) in [5.41, 5.74) is 0. The van der Waals surface area contributed by atoms with Crippen molar-refractivity contribution in [3.8, 4) is 12.0 Å². The molecule has 0 amide bonds. The molecular weight excluding hydrogens is 536 g/mol. The summed E-state index contributed by atoms with van der Waals surface area (Å²) in [6.07, 6.45) is 0. The second-order valence-corrected chi connectivity index (χ2v) is 8.06. The van der Waals surface area contributed by atoms with Crippen molar-refractivity contribution in [1.82, 2.24) is 29.2 Å². The standard InChI is InChI=1S/C10H17N4O3.C10H16N2O8.ClH/c1-14(4-6-17-7-5-14)8-11-9(15-2)13-10(12-8)16-3;13-7(14)3-11(4-8(15)16)1-2-12(5-9(17)18)6-10(19)20;/h4-7H2,1-3H3;1-6H2,(H,13,14)(H,15,16)(H,17,18)(H,19,20);1H/q+1;;/p-1. The van der Waals surface area contributed by atoms with E-state index in [1.807, 2.05) is 0 Å². The molecule has 216 valence electrons. The quantitative estimate of drug-likeness (QED) is 0.154. The predicted molar refractivity (Wildman–Crippen MR) is 125 cm³/mol. The molecular formula is C20H33ClN6O11. The van der Waals surface area contributed by atoms with Crippen molar-refractivity contribution in [1.29, 1.82) is 0 Å². The van der Waals surface area contributed by atoms with Gasteiger partial charge < -0.3 is 47.0 Å². The third-order valence-corrected chi connectivity index (χ3v) is 5.06. The number of hydrogen-bond donors (Lipinski definition) is 4. The molecule has 1 aliphatic rings. The zero-order valence-electron chi connectivity index (χ0n) is 21.3. The normalized spacial score (nSPS) is 14.0. The minimum atomic E-state index is -1.23. The fourth-order valence-corrected chi connectivity index (χ4v) is 3.17. The van der Waals surface area contributed by atoms with Crippen LogP contribution in [0.15, 0.2) is 0 Å². The number of methoxy groups -OCH3 is 2. The van der Waals surface area contributed by atoms with Gasteiger partial charge in [0.05, 0.1) is 60.7 Å². The fourth-order valence-electron chi connectivity index (χ4n) is 3.17. The maximum Gasteiger partial charge on any atom is 0.338 e. The van der Waals surface area contributed by atoms with E-state index in [-0.39, 0.29) is 37.5 Å². The van der Waals surface area contributed by atoms with Gasteiger partial charge in [0, 0.05) is 13.1 Å². The number of carboxylic acids is 4. The Labute approximate surface area is 224 Å². The second kappa shape index (κ2) is 17.2. The Morgan fingerprint density at radius 3 is 1.39 bits per heavy atom. The lowest BCUT2D eigenvalue weighted by atomic mass is 10.4. The topological polar surface area (TPSA) is 222 Å². The number of quaternary nitrogens is 1. The van der Waals surface area contributed by atoms with Crippen LogP contribution < -0.4 is 26.4 Å². The summed E-state index contributed by atoms with van der Waals surface area (Å²) in [5.74, 6) is -4.26. The molecule has 2 heterocycles. The number of ether oxygens (including phenoxy) is 3. The van der Waals surface area contributed by atoms with E-state index in [0.29, 0.717) is 23.6 Å². The van der Waals surface area contributed by atoms with Gasteiger partial charge in [0.25, 0.3) is 0 Å². The Balaban J connectivity index is 0.000000708. The van der Waals surface area contributed by atoms with E-state index >= 15 is 0 Å². The summed E-state index contributed by atoms with van der Waals surface area (Å²) < 4.78 is 16.1. The van der Waals surface area contributed by atoms with Gasteiger partial charge in [-0.25, -0.2) is 0 Å².